The Hall–Kier alpha value is -7.50. The summed E-state index contributed by atoms with van der Waals surface area (Å²) in [7, 11) is 0. The quantitative estimate of drug-likeness (QED) is 0.183. The van der Waals surface area contributed by atoms with Crippen molar-refractivity contribution in [2.75, 3.05) is 0 Å². The van der Waals surface area contributed by atoms with Gasteiger partial charge in [-0.3, -0.25) is 0 Å². The average molecular weight is 703 g/mol. The molecule has 0 saturated heterocycles. The molecule has 0 amide bonds. The molecule has 256 valence electrons. The van der Waals surface area contributed by atoms with Crippen LogP contribution in [0.3, 0.4) is 0 Å². The van der Waals surface area contributed by atoms with Gasteiger partial charge in [-0.25, -0.2) is 9.97 Å². The van der Waals surface area contributed by atoms with Crippen molar-refractivity contribution in [2.24, 2.45) is 0 Å². The molecule has 55 heavy (non-hydrogen) atoms. The molecule has 0 bridgehead atoms. The van der Waals surface area contributed by atoms with Gasteiger partial charge in [0.25, 0.3) is 0 Å². The molecule has 0 fully saturated rings. The minimum absolute atomic E-state index is 0.692. The van der Waals surface area contributed by atoms with Gasteiger partial charge in [0.1, 0.15) is 11.2 Å². The molecule has 0 saturated carbocycles. The summed E-state index contributed by atoms with van der Waals surface area (Å²) in [5.74, 6) is 0.692. The number of nitrogens with zero attached hydrogens (tertiary/aromatic N) is 4. The van der Waals surface area contributed by atoms with Gasteiger partial charge in [0.05, 0.1) is 38.7 Å². The lowest BCUT2D eigenvalue weighted by molar-refractivity contribution is 0.669. The number of aromatic nitrogens is 4. The molecule has 12 aromatic rings. The van der Waals surface area contributed by atoms with Crippen LogP contribution in [-0.4, -0.2) is 19.1 Å². The highest BCUT2D eigenvalue weighted by Crippen LogP contribution is 2.41. The largest absolute Gasteiger partial charge is 0.456 e. The first-order valence-electron chi connectivity index (χ1n) is 18.6. The van der Waals surface area contributed by atoms with Gasteiger partial charge in [-0.1, -0.05) is 97.1 Å². The predicted octanol–water partition coefficient (Wildman–Crippen LogP) is 13.1. The highest BCUT2D eigenvalue weighted by atomic mass is 16.3. The van der Waals surface area contributed by atoms with Crippen LogP contribution >= 0.6 is 0 Å². The van der Waals surface area contributed by atoms with E-state index in [1.807, 2.05) is 18.2 Å². The third-order valence-corrected chi connectivity index (χ3v) is 11.1. The number of rotatable bonds is 4. The molecule has 0 N–H and O–H groups in total. The number of hydrogen-bond donors (Lipinski definition) is 0. The minimum atomic E-state index is 0.692. The maximum absolute atomic E-state index is 6.34. The van der Waals surface area contributed by atoms with Crippen LogP contribution in [0.2, 0.25) is 0 Å². The van der Waals surface area contributed by atoms with E-state index in [2.05, 4.69) is 173 Å². The van der Waals surface area contributed by atoms with E-state index in [0.29, 0.717) is 5.82 Å². The molecule has 0 spiro atoms. The summed E-state index contributed by atoms with van der Waals surface area (Å²) in [6, 6.07) is 64.1. The Kier molecular flexibility index (Phi) is 6.27. The molecule has 0 unspecified atom stereocenters. The molecule has 0 aliphatic carbocycles. The first kappa shape index (κ1) is 30.0. The molecule has 0 aliphatic rings. The monoisotopic (exact) mass is 702 g/mol. The van der Waals surface area contributed by atoms with E-state index in [4.69, 9.17) is 14.4 Å². The molecule has 4 heterocycles. The summed E-state index contributed by atoms with van der Waals surface area (Å²) >= 11 is 0. The molecule has 0 radical (unpaired) electrons. The van der Waals surface area contributed by atoms with Crippen molar-refractivity contribution in [2.45, 2.75) is 0 Å². The second-order valence-corrected chi connectivity index (χ2v) is 14.2. The average Bonchev–Trinajstić information content (AvgIpc) is 3.91. The van der Waals surface area contributed by atoms with Gasteiger partial charge in [0.15, 0.2) is 5.82 Å². The number of fused-ring (bicyclic) bond motifs is 11. The van der Waals surface area contributed by atoms with Crippen LogP contribution in [0.15, 0.2) is 186 Å². The standard InChI is InChI=1S/C50H30N4O/c1-2-12-33(13-3-1)53-42-19-9-6-15-36(42)40-30-32(24-28-44(40)53)48-38-16-4-8-18-41(38)51-50(52-48)31-22-25-34(26-23-31)54-43-20-10-5-14-35(43)37-27-29-46-47(49(37)54)39-17-7-11-21-45(39)55-46/h1-30H. The lowest BCUT2D eigenvalue weighted by Gasteiger charge is -2.12. The summed E-state index contributed by atoms with van der Waals surface area (Å²) in [4.78, 5) is 10.4. The second-order valence-electron chi connectivity index (χ2n) is 14.2. The van der Waals surface area contributed by atoms with E-state index in [0.717, 1.165) is 77.6 Å². The van der Waals surface area contributed by atoms with E-state index in [-0.39, 0.29) is 0 Å². The van der Waals surface area contributed by atoms with Gasteiger partial charge < -0.3 is 13.6 Å². The summed E-state index contributed by atoms with van der Waals surface area (Å²) in [6.07, 6.45) is 0. The summed E-state index contributed by atoms with van der Waals surface area (Å²) in [6.45, 7) is 0. The van der Waals surface area contributed by atoms with Gasteiger partial charge >= 0.3 is 0 Å². The van der Waals surface area contributed by atoms with Crippen LogP contribution in [0.25, 0.3) is 110 Å². The lowest BCUT2D eigenvalue weighted by atomic mass is 10.0. The van der Waals surface area contributed by atoms with Gasteiger partial charge in [-0.05, 0) is 84.9 Å². The van der Waals surface area contributed by atoms with E-state index < -0.39 is 0 Å². The molecule has 0 aliphatic heterocycles. The Labute approximate surface area is 315 Å². The van der Waals surface area contributed by atoms with Crippen molar-refractivity contribution < 1.29 is 4.42 Å². The molecule has 4 aromatic heterocycles. The van der Waals surface area contributed by atoms with Crippen molar-refractivity contribution in [3.05, 3.63) is 182 Å². The molecule has 5 heteroatoms. The predicted molar refractivity (Wildman–Crippen MR) is 226 cm³/mol. The van der Waals surface area contributed by atoms with E-state index in [9.17, 15) is 0 Å². The van der Waals surface area contributed by atoms with E-state index in [1.165, 1.54) is 27.1 Å². The Morgan fingerprint density at radius 1 is 0.382 bits per heavy atom. The Morgan fingerprint density at radius 2 is 1.00 bits per heavy atom. The van der Waals surface area contributed by atoms with Gasteiger partial charge in [-0.2, -0.15) is 0 Å². The number of hydrogen-bond acceptors (Lipinski definition) is 3. The van der Waals surface area contributed by atoms with Crippen molar-refractivity contribution in [3.8, 4) is 34.0 Å². The van der Waals surface area contributed by atoms with Gasteiger partial charge in [0.2, 0.25) is 0 Å². The SMILES string of the molecule is c1ccc(-n2c3ccccc3c3cc(-c4nc(-c5ccc(-n6c7ccccc7c7ccc8oc9ccccc9c8c76)cc5)nc5ccccc45)ccc32)cc1. The Bertz CT molecular complexity index is 3480. The molecule has 5 nitrogen and oxygen atoms in total. The van der Waals surface area contributed by atoms with E-state index in [1.54, 1.807) is 0 Å². The molecule has 8 aromatic carbocycles. The van der Waals surface area contributed by atoms with Gasteiger partial charge in [-0.15, -0.1) is 0 Å². The van der Waals surface area contributed by atoms with Crippen molar-refractivity contribution >= 4 is 76.5 Å². The van der Waals surface area contributed by atoms with Crippen molar-refractivity contribution in [1.29, 1.82) is 0 Å². The fraction of sp³-hybridized carbons (Fsp3) is 0. The van der Waals surface area contributed by atoms with Crippen LogP contribution in [-0.2, 0) is 0 Å². The lowest BCUT2D eigenvalue weighted by Crippen LogP contribution is -1.97. The highest BCUT2D eigenvalue weighted by Gasteiger charge is 2.20. The molecule has 0 atom stereocenters. The minimum Gasteiger partial charge on any atom is -0.456 e. The third-order valence-electron chi connectivity index (χ3n) is 11.1. The van der Waals surface area contributed by atoms with Crippen LogP contribution in [0.4, 0.5) is 0 Å². The van der Waals surface area contributed by atoms with Crippen LogP contribution in [0.1, 0.15) is 0 Å². The van der Waals surface area contributed by atoms with Crippen molar-refractivity contribution in [1.82, 2.24) is 19.1 Å². The Balaban J connectivity index is 1.03. The highest BCUT2D eigenvalue weighted by molar-refractivity contribution is 6.24. The van der Waals surface area contributed by atoms with Crippen molar-refractivity contribution in [3.63, 3.8) is 0 Å². The maximum Gasteiger partial charge on any atom is 0.160 e. The maximum atomic E-state index is 6.34. The summed E-state index contributed by atoms with van der Waals surface area (Å²) < 4.78 is 11.1. The Morgan fingerprint density at radius 3 is 1.82 bits per heavy atom. The van der Waals surface area contributed by atoms with Gasteiger partial charge in [0, 0.05) is 54.8 Å². The van der Waals surface area contributed by atoms with Crippen LogP contribution < -0.4 is 0 Å². The number of benzene rings is 8. The summed E-state index contributed by atoms with van der Waals surface area (Å²) in [5.41, 5.74) is 12.5. The fourth-order valence-corrected chi connectivity index (χ4v) is 8.69. The first-order valence-corrected chi connectivity index (χ1v) is 18.6. The number of para-hydroxylation sites is 5. The molecule has 12 rings (SSSR count). The second kappa shape index (κ2) is 11.5. The van der Waals surface area contributed by atoms with Crippen LogP contribution in [0, 0.1) is 0 Å². The smallest absolute Gasteiger partial charge is 0.160 e. The zero-order valence-electron chi connectivity index (χ0n) is 29.5. The number of furan rings is 1. The van der Waals surface area contributed by atoms with E-state index >= 15 is 0 Å². The third kappa shape index (κ3) is 4.41. The molecular weight excluding hydrogens is 673 g/mol. The zero-order valence-corrected chi connectivity index (χ0v) is 29.5. The summed E-state index contributed by atoms with van der Waals surface area (Å²) in [5, 5.41) is 8.07. The first-order chi connectivity index (χ1) is 27.3. The van der Waals surface area contributed by atoms with Crippen LogP contribution in [0.5, 0.6) is 0 Å². The zero-order chi connectivity index (χ0) is 36.0. The fourth-order valence-electron chi connectivity index (χ4n) is 8.69. The topological polar surface area (TPSA) is 48.8 Å². The molecular formula is C50H30N4O. The normalized spacial score (nSPS) is 12.0.